The molecule has 26 heavy (non-hydrogen) atoms. The zero-order valence-corrected chi connectivity index (χ0v) is 14.8. The van der Waals surface area contributed by atoms with E-state index in [1.807, 2.05) is 29.8 Å². The molecule has 1 aliphatic rings. The highest BCUT2D eigenvalue weighted by molar-refractivity contribution is 5.91. The van der Waals surface area contributed by atoms with E-state index in [2.05, 4.69) is 37.6 Å². The van der Waals surface area contributed by atoms with Crippen molar-refractivity contribution in [1.29, 1.82) is 0 Å². The highest BCUT2D eigenvalue weighted by Gasteiger charge is 2.21. The summed E-state index contributed by atoms with van der Waals surface area (Å²) in [6, 6.07) is 5.64. The molecule has 3 aromatic heterocycles. The Hall–Kier alpha value is -3.00. The third-order valence-corrected chi connectivity index (χ3v) is 4.55. The van der Waals surface area contributed by atoms with Gasteiger partial charge in [0.15, 0.2) is 0 Å². The first-order valence-corrected chi connectivity index (χ1v) is 8.61. The monoisotopic (exact) mass is 351 g/mol. The first-order valence-electron chi connectivity index (χ1n) is 8.61. The first kappa shape index (κ1) is 16.5. The van der Waals surface area contributed by atoms with Crippen LogP contribution in [-0.2, 0) is 0 Å². The van der Waals surface area contributed by atoms with Crippen molar-refractivity contribution in [2.45, 2.75) is 19.4 Å². The Morgan fingerprint density at radius 2 is 2.15 bits per heavy atom. The number of likely N-dealkylation sites (N-methyl/N-ethyl adjacent to an activating group) is 1. The number of likely N-dealkylation sites (tertiary alicyclic amines) is 1. The molecule has 8 nitrogen and oxygen atoms in total. The van der Waals surface area contributed by atoms with Gasteiger partial charge in [0.25, 0.3) is 0 Å². The minimum Gasteiger partial charge on any atom is -0.334 e. The number of carbonyl (C=O) groups excluding carboxylic acids is 1. The third kappa shape index (κ3) is 3.36. The zero-order chi connectivity index (χ0) is 18.1. The summed E-state index contributed by atoms with van der Waals surface area (Å²) in [5.74, 6) is 0.506. The lowest BCUT2D eigenvalue weighted by Crippen LogP contribution is -2.39. The molecule has 0 aliphatic carbocycles. The van der Waals surface area contributed by atoms with Gasteiger partial charge in [0.1, 0.15) is 5.82 Å². The SMILES string of the molecule is Cc1cc(-n2ncc3cc(NC(=O)NC4CCN(C)C4)ncc32)ccn1. The molecule has 1 fully saturated rings. The first-order chi connectivity index (χ1) is 12.6. The maximum absolute atomic E-state index is 12.2. The van der Waals surface area contributed by atoms with Crippen molar-refractivity contribution in [3.63, 3.8) is 0 Å². The van der Waals surface area contributed by atoms with Gasteiger partial charge in [-0.05, 0) is 45.1 Å². The summed E-state index contributed by atoms with van der Waals surface area (Å²) < 4.78 is 1.81. The molecule has 1 aliphatic heterocycles. The van der Waals surface area contributed by atoms with E-state index in [0.717, 1.165) is 41.8 Å². The molecule has 4 heterocycles. The molecule has 1 saturated heterocycles. The van der Waals surface area contributed by atoms with Crippen LogP contribution in [0.1, 0.15) is 12.1 Å². The standard InChI is InChI=1S/C18H21N7O/c1-12-7-15(3-5-19-12)25-16-10-20-17(8-13(16)9-21-25)23-18(26)22-14-4-6-24(2)11-14/h3,5,7-10,14H,4,6,11H2,1-2H3,(H2,20,22,23,26). The van der Waals surface area contributed by atoms with Crippen molar-refractivity contribution in [2.24, 2.45) is 0 Å². The molecule has 0 saturated carbocycles. The predicted molar refractivity (Wildman–Crippen MR) is 99.5 cm³/mol. The van der Waals surface area contributed by atoms with E-state index in [9.17, 15) is 4.79 Å². The molecular formula is C18H21N7O. The average molecular weight is 351 g/mol. The number of nitrogens with one attached hydrogen (secondary N) is 2. The Bertz CT molecular complexity index is 952. The predicted octanol–water partition coefficient (Wildman–Crippen LogP) is 1.95. The fraction of sp³-hybridized carbons (Fsp3) is 0.333. The second-order valence-corrected chi connectivity index (χ2v) is 6.69. The van der Waals surface area contributed by atoms with E-state index >= 15 is 0 Å². The maximum Gasteiger partial charge on any atom is 0.320 e. The highest BCUT2D eigenvalue weighted by Crippen LogP contribution is 2.20. The minimum absolute atomic E-state index is 0.182. The molecular weight excluding hydrogens is 330 g/mol. The fourth-order valence-corrected chi connectivity index (χ4v) is 3.25. The summed E-state index contributed by atoms with van der Waals surface area (Å²) in [5, 5.41) is 11.1. The molecule has 0 radical (unpaired) electrons. The number of aromatic nitrogens is 4. The van der Waals surface area contributed by atoms with Crippen LogP contribution in [-0.4, -0.2) is 56.9 Å². The third-order valence-electron chi connectivity index (χ3n) is 4.55. The van der Waals surface area contributed by atoms with E-state index in [1.165, 1.54) is 0 Å². The summed E-state index contributed by atoms with van der Waals surface area (Å²) in [5.41, 5.74) is 2.73. The summed E-state index contributed by atoms with van der Waals surface area (Å²) in [6.07, 6.45) is 6.21. The summed E-state index contributed by atoms with van der Waals surface area (Å²) >= 11 is 0. The van der Waals surface area contributed by atoms with Gasteiger partial charge in [0, 0.05) is 29.9 Å². The molecule has 0 aromatic carbocycles. The van der Waals surface area contributed by atoms with Crippen molar-refractivity contribution in [3.05, 3.63) is 42.5 Å². The van der Waals surface area contributed by atoms with Crippen LogP contribution in [0.2, 0.25) is 0 Å². The van der Waals surface area contributed by atoms with Gasteiger partial charge in [0.05, 0.1) is 23.6 Å². The van der Waals surface area contributed by atoms with Crippen LogP contribution >= 0.6 is 0 Å². The van der Waals surface area contributed by atoms with E-state index in [1.54, 1.807) is 18.6 Å². The van der Waals surface area contributed by atoms with E-state index in [4.69, 9.17) is 0 Å². The highest BCUT2D eigenvalue weighted by atomic mass is 16.2. The molecule has 1 atom stereocenters. The Morgan fingerprint density at radius 3 is 2.92 bits per heavy atom. The maximum atomic E-state index is 12.2. The van der Waals surface area contributed by atoms with Gasteiger partial charge in [-0.15, -0.1) is 0 Å². The average Bonchev–Trinajstić information content (AvgIpc) is 3.20. The number of fused-ring (bicyclic) bond motifs is 1. The van der Waals surface area contributed by atoms with Crippen LogP contribution in [0.15, 0.2) is 36.8 Å². The van der Waals surface area contributed by atoms with Crippen molar-refractivity contribution < 1.29 is 4.79 Å². The fourth-order valence-electron chi connectivity index (χ4n) is 3.25. The number of rotatable bonds is 3. The number of hydrogen-bond acceptors (Lipinski definition) is 5. The zero-order valence-electron chi connectivity index (χ0n) is 14.8. The van der Waals surface area contributed by atoms with Gasteiger partial charge < -0.3 is 10.2 Å². The van der Waals surface area contributed by atoms with Gasteiger partial charge in [-0.3, -0.25) is 10.3 Å². The molecule has 3 aromatic rings. The van der Waals surface area contributed by atoms with Gasteiger partial charge >= 0.3 is 6.03 Å². The lowest BCUT2D eigenvalue weighted by Gasteiger charge is -2.13. The van der Waals surface area contributed by atoms with Gasteiger partial charge in [-0.25, -0.2) is 14.5 Å². The minimum atomic E-state index is -0.227. The molecule has 2 N–H and O–H groups in total. The molecule has 0 bridgehead atoms. The van der Waals surface area contributed by atoms with Crippen LogP contribution in [0.3, 0.4) is 0 Å². The smallest absolute Gasteiger partial charge is 0.320 e. The normalized spacial score (nSPS) is 17.5. The number of anilines is 1. The second-order valence-electron chi connectivity index (χ2n) is 6.69. The molecule has 2 amide bonds. The number of carbonyl (C=O) groups is 1. The Kier molecular flexibility index (Phi) is 4.26. The molecule has 134 valence electrons. The molecule has 1 unspecified atom stereocenters. The molecule has 0 spiro atoms. The molecule has 8 heteroatoms. The number of pyridine rings is 2. The largest absolute Gasteiger partial charge is 0.334 e. The number of urea groups is 1. The lowest BCUT2D eigenvalue weighted by molar-refractivity contribution is 0.248. The van der Waals surface area contributed by atoms with Crippen LogP contribution in [0, 0.1) is 6.92 Å². The second kappa shape index (κ2) is 6.72. The molecule has 4 rings (SSSR count). The number of hydrogen-bond donors (Lipinski definition) is 2. The van der Waals surface area contributed by atoms with Crippen molar-refractivity contribution >= 4 is 22.8 Å². The van der Waals surface area contributed by atoms with Gasteiger partial charge in [-0.1, -0.05) is 0 Å². The van der Waals surface area contributed by atoms with Crippen LogP contribution in [0.4, 0.5) is 10.6 Å². The van der Waals surface area contributed by atoms with E-state index in [-0.39, 0.29) is 12.1 Å². The van der Waals surface area contributed by atoms with Crippen molar-refractivity contribution in [1.82, 2.24) is 30.0 Å². The summed E-state index contributed by atoms with van der Waals surface area (Å²) in [7, 11) is 2.05. The van der Waals surface area contributed by atoms with Crippen LogP contribution < -0.4 is 10.6 Å². The quantitative estimate of drug-likeness (QED) is 0.753. The lowest BCUT2D eigenvalue weighted by atomic mass is 10.3. The topological polar surface area (TPSA) is 88.0 Å². The van der Waals surface area contributed by atoms with E-state index < -0.39 is 0 Å². The van der Waals surface area contributed by atoms with Crippen LogP contribution in [0.5, 0.6) is 0 Å². The Balaban J connectivity index is 1.51. The number of nitrogens with zero attached hydrogens (tertiary/aromatic N) is 5. The Labute approximate surface area is 151 Å². The van der Waals surface area contributed by atoms with Crippen LogP contribution in [0.25, 0.3) is 16.6 Å². The van der Waals surface area contributed by atoms with Crippen molar-refractivity contribution in [3.8, 4) is 5.69 Å². The summed E-state index contributed by atoms with van der Waals surface area (Å²) in [6.45, 7) is 3.82. The van der Waals surface area contributed by atoms with Gasteiger partial charge in [-0.2, -0.15) is 5.10 Å². The summed E-state index contributed by atoms with van der Waals surface area (Å²) in [4.78, 5) is 22.9. The van der Waals surface area contributed by atoms with Crippen molar-refractivity contribution in [2.75, 3.05) is 25.5 Å². The number of aryl methyl sites for hydroxylation is 1. The number of amides is 2. The Morgan fingerprint density at radius 1 is 1.27 bits per heavy atom. The van der Waals surface area contributed by atoms with Gasteiger partial charge in [0.2, 0.25) is 0 Å². The van der Waals surface area contributed by atoms with E-state index in [0.29, 0.717) is 5.82 Å².